The summed E-state index contributed by atoms with van der Waals surface area (Å²) >= 11 is 0. The van der Waals surface area contributed by atoms with E-state index in [4.69, 9.17) is 0 Å². The second-order valence-corrected chi connectivity index (χ2v) is 3.49. The van der Waals surface area contributed by atoms with Gasteiger partial charge in [0.2, 0.25) is 5.82 Å². The molecule has 0 heterocycles. The lowest BCUT2D eigenvalue weighted by Crippen LogP contribution is -2.07. The molecular weight excluding hydrogens is 281 g/mol. The maximum Gasteiger partial charge on any atom is 0.200 e. The molecule has 2 nitrogen and oxygen atoms in total. The number of allylic oxidation sites excluding steroid dienone is 4. The number of oxime groups is 1. The van der Waals surface area contributed by atoms with Gasteiger partial charge < -0.3 is 4.84 Å². The highest BCUT2D eigenvalue weighted by atomic mass is 19.2. The molecule has 0 aliphatic heterocycles. The summed E-state index contributed by atoms with van der Waals surface area (Å²) in [4.78, 5) is 4.47. The first-order valence-electron chi connectivity index (χ1n) is 5.44. The molecule has 0 spiro atoms. The van der Waals surface area contributed by atoms with E-state index in [0.29, 0.717) is 0 Å². The number of rotatable bonds is 5. The van der Waals surface area contributed by atoms with Crippen molar-refractivity contribution in [2.24, 2.45) is 5.16 Å². The van der Waals surface area contributed by atoms with Gasteiger partial charge in [0.1, 0.15) is 6.61 Å². The SMILES string of the molecule is C/C=C/C=C/C=N/OCc1c(F)c(F)c(F)c(F)c1F. The molecule has 0 unspecified atom stereocenters. The lowest BCUT2D eigenvalue weighted by atomic mass is 10.2. The predicted octanol–water partition coefficient (Wildman–Crippen LogP) is 4.02. The monoisotopic (exact) mass is 291 g/mol. The summed E-state index contributed by atoms with van der Waals surface area (Å²) < 4.78 is 64.8. The molecule has 0 radical (unpaired) electrons. The van der Waals surface area contributed by atoms with Crippen molar-refractivity contribution in [3.8, 4) is 0 Å². The Morgan fingerprint density at radius 3 is 1.95 bits per heavy atom. The van der Waals surface area contributed by atoms with Crippen LogP contribution in [-0.4, -0.2) is 6.21 Å². The smallest absolute Gasteiger partial charge is 0.200 e. The average Bonchev–Trinajstić information content (AvgIpc) is 2.45. The normalized spacial score (nSPS) is 12.1. The topological polar surface area (TPSA) is 21.6 Å². The van der Waals surface area contributed by atoms with Crippen molar-refractivity contribution in [3.63, 3.8) is 0 Å². The lowest BCUT2D eigenvalue weighted by molar-refractivity contribution is 0.124. The molecular formula is C13H10F5NO. The molecule has 0 aromatic heterocycles. The molecule has 1 aromatic carbocycles. The zero-order chi connectivity index (χ0) is 15.1. The predicted molar refractivity (Wildman–Crippen MR) is 63.5 cm³/mol. The lowest BCUT2D eigenvalue weighted by Gasteiger charge is -2.06. The van der Waals surface area contributed by atoms with E-state index in [1.807, 2.05) is 0 Å². The van der Waals surface area contributed by atoms with Gasteiger partial charge in [0.05, 0.1) is 11.8 Å². The minimum atomic E-state index is -2.21. The number of halogens is 5. The van der Waals surface area contributed by atoms with Crippen molar-refractivity contribution in [1.82, 2.24) is 0 Å². The van der Waals surface area contributed by atoms with Gasteiger partial charge in [0, 0.05) is 0 Å². The van der Waals surface area contributed by atoms with E-state index in [2.05, 4.69) is 9.99 Å². The average molecular weight is 291 g/mol. The summed E-state index contributed by atoms with van der Waals surface area (Å²) in [5.41, 5.74) is -1.07. The Morgan fingerprint density at radius 1 is 0.850 bits per heavy atom. The fourth-order valence-corrected chi connectivity index (χ4v) is 1.18. The van der Waals surface area contributed by atoms with Crippen LogP contribution in [0.15, 0.2) is 29.5 Å². The van der Waals surface area contributed by atoms with Gasteiger partial charge in [-0.15, -0.1) is 0 Å². The first kappa shape index (κ1) is 15.9. The number of nitrogens with zero attached hydrogens (tertiary/aromatic N) is 1. The molecule has 0 saturated heterocycles. The van der Waals surface area contributed by atoms with Gasteiger partial charge in [-0.3, -0.25) is 0 Å². The Morgan fingerprint density at radius 2 is 1.40 bits per heavy atom. The molecule has 20 heavy (non-hydrogen) atoms. The van der Waals surface area contributed by atoms with Crippen LogP contribution >= 0.6 is 0 Å². The molecule has 0 aliphatic rings. The molecule has 0 N–H and O–H groups in total. The summed E-state index contributed by atoms with van der Waals surface area (Å²) in [5.74, 6) is -10.1. The molecule has 0 bridgehead atoms. The van der Waals surface area contributed by atoms with Gasteiger partial charge in [0.25, 0.3) is 0 Å². The number of hydrogen-bond acceptors (Lipinski definition) is 2. The minimum absolute atomic E-state index is 0.875. The van der Waals surface area contributed by atoms with Crippen molar-refractivity contribution in [2.45, 2.75) is 13.5 Å². The first-order chi connectivity index (χ1) is 9.50. The van der Waals surface area contributed by atoms with Gasteiger partial charge in [0.15, 0.2) is 23.3 Å². The summed E-state index contributed by atoms with van der Waals surface area (Å²) in [6.07, 6.45) is 7.66. The van der Waals surface area contributed by atoms with Crippen LogP contribution in [0, 0.1) is 29.1 Å². The van der Waals surface area contributed by atoms with E-state index in [9.17, 15) is 22.0 Å². The van der Waals surface area contributed by atoms with Crippen LogP contribution in [-0.2, 0) is 11.4 Å². The van der Waals surface area contributed by atoms with Gasteiger partial charge >= 0.3 is 0 Å². The Balaban J connectivity index is 2.79. The van der Waals surface area contributed by atoms with Crippen molar-refractivity contribution < 1.29 is 26.8 Å². The highest BCUT2D eigenvalue weighted by molar-refractivity contribution is 5.70. The number of benzene rings is 1. The quantitative estimate of drug-likeness (QED) is 0.200. The first-order valence-corrected chi connectivity index (χ1v) is 5.44. The van der Waals surface area contributed by atoms with Gasteiger partial charge in [-0.1, -0.05) is 23.4 Å². The third-order valence-corrected chi connectivity index (χ3v) is 2.15. The summed E-state index contributed by atoms with van der Waals surface area (Å²) in [5, 5.41) is 3.28. The van der Waals surface area contributed by atoms with E-state index in [0.717, 1.165) is 6.21 Å². The Hall–Kier alpha value is -2.18. The third kappa shape index (κ3) is 3.66. The number of hydrogen-bond donors (Lipinski definition) is 0. The van der Waals surface area contributed by atoms with Gasteiger partial charge in [-0.05, 0) is 13.0 Å². The highest BCUT2D eigenvalue weighted by Gasteiger charge is 2.25. The Labute approximate surface area is 111 Å². The van der Waals surface area contributed by atoms with E-state index in [1.54, 1.807) is 25.2 Å². The molecule has 0 amide bonds. The molecule has 7 heteroatoms. The Kier molecular flexibility index (Phi) is 5.89. The molecule has 0 atom stereocenters. The second-order valence-electron chi connectivity index (χ2n) is 3.49. The molecule has 1 rings (SSSR count). The van der Waals surface area contributed by atoms with E-state index < -0.39 is 41.3 Å². The van der Waals surface area contributed by atoms with Crippen molar-refractivity contribution in [1.29, 1.82) is 0 Å². The zero-order valence-electron chi connectivity index (χ0n) is 10.3. The summed E-state index contributed by atoms with van der Waals surface area (Å²) in [6, 6.07) is 0. The molecule has 1 aromatic rings. The van der Waals surface area contributed by atoms with Crippen LogP contribution in [0.4, 0.5) is 22.0 Å². The van der Waals surface area contributed by atoms with E-state index >= 15 is 0 Å². The fraction of sp³-hybridized carbons (Fsp3) is 0.154. The van der Waals surface area contributed by atoms with Gasteiger partial charge in [-0.2, -0.15) is 0 Å². The van der Waals surface area contributed by atoms with E-state index in [1.165, 1.54) is 6.08 Å². The van der Waals surface area contributed by atoms with Crippen LogP contribution in [0.5, 0.6) is 0 Å². The van der Waals surface area contributed by atoms with Crippen LogP contribution in [0.25, 0.3) is 0 Å². The van der Waals surface area contributed by atoms with Crippen LogP contribution in [0.1, 0.15) is 12.5 Å². The Bertz CT molecular complexity index is 537. The van der Waals surface area contributed by atoms with Crippen molar-refractivity contribution >= 4 is 6.21 Å². The standard InChI is InChI=1S/C13H10F5NO/c1-2-3-4-5-6-19-20-7-8-9(14)11(16)13(18)12(17)10(8)15/h2-6H,7H2,1H3/b3-2+,5-4+,19-6+. The van der Waals surface area contributed by atoms with Crippen LogP contribution in [0.2, 0.25) is 0 Å². The summed E-state index contributed by atoms with van der Waals surface area (Å²) in [7, 11) is 0. The highest BCUT2D eigenvalue weighted by Crippen LogP contribution is 2.23. The molecule has 0 saturated carbocycles. The summed E-state index contributed by atoms with van der Waals surface area (Å²) in [6.45, 7) is 0.918. The third-order valence-electron chi connectivity index (χ3n) is 2.15. The van der Waals surface area contributed by atoms with Gasteiger partial charge in [-0.25, -0.2) is 22.0 Å². The molecule has 108 valence electrons. The minimum Gasteiger partial charge on any atom is -0.391 e. The zero-order valence-corrected chi connectivity index (χ0v) is 10.3. The largest absolute Gasteiger partial charge is 0.391 e. The molecule has 0 fully saturated rings. The van der Waals surface area contributed by atoms with E-state index in [-0.39, 0.29) is 0 Å². The van der Waals surface area contributed by atoms with Crippen molar-refractivity contribution in [3.05, 3.63) is 59.0 Å². The van der Waals surface area contributed by atoms with Crippen LogP contribution < -0.4 is 0 Å². The maximum atomic E-state index is 13.2. The maximum absolute atomic E-state index is 13.2. The second kappa shape index (κ2) is 7.42. The fourth-order valence-electron chi connectivity index (χ4n) is 1.18. The van der Waals surface area contributed by atoms with Crippen LogP contribution in [0.3, 0.4) is 0 Å². The molecule has 0 aliphatic carbocycles. The van der Waals surface area contributed by atoms with Crippen molar-refractivity contribution in [2.75, 3.05) is 0 Å².